The molecule has 22 heavy (non-hydrogen) atoms. The van der Waals surface area contributed by atoms with Gasteiger partial charge in [0, 0.05) is 12.2 Å². The molecule has 1 saturated heterocycles. The van der Waals surface area contributed by atoms with Gasteiger partial charge in [-0.3, -0.25) is 0 Å². The van der Waals surface area contributed by atoms with Crippen molar-refractivity contribution in [2.45, 2.75) is 18.9 Å². The fourth-order valence-electron chi connectivity index (χ4n) is 3.27. The lowest BCUT2D eigenvalue weighted by atomic mass is 9.70. The van der Waals surface area contributed by atoms with Crippen molar-refractivity contribution < 1.29 is 29.4 Å². The average molecular weight is 312 g/mol. The van der Waals surface area contributed by atoms with Crippen molar-refractivity contribution in [3.05, 3.63) is 12.2 Å². The fourth-order valence-corrected chi connectivity index (χ4v) is 3.27. The van der Waals surface area contributed by atoms with Crippen LogP contribution in [0, 0.1) is 17.8 Å². The van der Waals surface area contributed by atoms with Crippen LogP contribution >= 0.6 is 0 Å². The lowest BCUT2D eigenvalue weighted by molar-refractivity contribution is -0.134. The number of carbonyl (C=O) groups is 2. The number of hydrogen-bond acceptors (Lipinski definition) is 6. The van der Waals surface area contributed by atoms with Crippen molar-refractivity contribution in [1.29, 1.82) is 0 Å². The normalized spacial score (nSPS) is 32.1. The van der Waals surface area contributed by atoms with Gasteiger partial charge in [-0.15, -0.1) is 0 Å². The molecule has 0 radical (unpaired) electrons. The lowest BCUT2D eigenvalue weighted by Gasteiger charge is -2.40. The zero-order valence-electron chi connectivity index (χ0n) is 12.3. The van der Waals surface area contributed by atoms with Gasteiger partial charge >= 0.3 is 11.9 Å². The minimum atomic E-state index is -1.26. The fraction of sp³-hybridized carbons (Fsp3) is 0.643. The van der Waals surface area contributed by atoms with Crippen LogP contribution in [0.15, 0.2) is 17.3 Å². The standard InChI is InChI=1S/C10H16N2O2.C4H4O4/c1-13-10-9-7-2-6(4-11-5-7)3-8(9)14-12-10;5-3(6)1-2-4(7)8/h6-9,11H,2-5H2,1H3;1-2H,(H,5,6)(H,7,8)/b;2-1+. The zero-order chi connectivity index (χ0) is 16.1. The Labute approximate surface area is 127 Å². The molecular formula is C14H20N2O6. The van der Waals surface area contributed by atoms with E-state index >= 15 is 0 Å². The molecule has 2 fully saturated rings. The predicted octanol–water partition coefficient (Wildman–Crippen LogP) is 0.302. The number of piperidine rings is 1. The maximum absolute atomic E-state index is 9.55. The number of nitrogens with one attached hydrogen (secondary N) is 1. The Morgan fingerprint density at radius 2 is 1.95 bits per heavy atom. The van der Waals surface area contributed by atoms with E-state index in [4.69, 9.17) is 19.8 Å². The highest BCUT2D eigenvalue weighted by molar-refractivity contribution is 5.89. The summed E-state index contributed by atoms with van der Waals surface area (Å²) < 4.78 is 5.27. The summed E-state index contributed by atoms with van der Waals surface area (Å²) in [5, 5.41) is 23.1. The first kappa shape index (κ1) is 16.3. The minimum absolute atomic E-state index is 0.288. The van der Waals surface area contributed by atoms with Crippen LogP contribution in [0.3, 0.4) is 0 Å². The highest BCUT2D eigenvalue weighted by Crippen LogP contribution is 2.41. The molecule has 0 aromatic rings. The molecule has 4 atom stereocenters. The van der Waals surface area contributed by atoms with E-state index in [-0.39, 0.29) is 6.10 Å². The number of fused-ring (bicyclic) bond motifs is 4. The molecule has 8 nitrogen and oxygen atoms in total. The second-order valence-corrected chi connectivity index (χ2v) is 5.57. The molecule has 2 heterocycles. The number of methoxy groups -OCH3 is 1. The van der Waals surface area contributed by atoms with Gasteiger partial charge in [0.25, 0.3) is 0 Å². The van der Waals surface area contributed by atoms with Crippen molar-refractivity contribution in [2.24, 2.45) is 22.9 Å². The van der Waals surface area contributed by atoms with Crippen LogP contribution < -0.4 is 5.32 Å². The van der Waals surface area contributed by atoms with E-state index < -0.39 is 11.9 Å². The van der Waals surface area contributed by atoms with Crippen molar-refractivity contribution in [1.82, 2.24) is 5.32 Å². The number of hydrogen-bond donors (Lipinski definition) is 3. The molecule has 3 rings (SSSR count). The summed E-state index contributed by atoms with van der Waals surface area (Å²) in [5.74, 6) is 0.140. The van der Waals surface area contributed by atoms with Gasteiger partial charge in [0.1, 0.15) is 6.10 Å². The maximum Gasteiger partial charge on any atom is 0.328 e. The summed E-state index contributed by atoms with van der Waals surface area (Å²) in [7, 11) is 1.69. The van der Waals surface area contributed by atoms with Crippen LogP contribution in [0.25, 0.3) is 0 Å². The molecular weight excluding hydrogens is 292 g/mol. The number of carboxylic acid groups (broad SMARTS) is 2. The third-order valence-corrected chi connectivity index (χ3v) is 4.09. The molecule has 3 aliphatic rings. The minimum Gasteiger partial charge on any atom is -0.482 e. The summed E-state index contributed by atoms with van der Waals surface area (Å²) in [6, 6.07) is 0. The summed E-state index contributed by atoms with van der Waals surface area (Å²) in [4.78, 5) is 24.5. The van der Waals surface area contributed by atoms with Crippen LogP contribution in [-0.2, 0) is 19.2 Å². The zero-order valence-corrected chi connectivity index (χ0v) is 12.3. The molecule has 1 saturated carbocycles. The number of carboxylic acids is 2. The van der Waals surface area contributed by atoms with E-state index in [0.29, 0.717) is 24.0 Å². The molecule has 4 unspecified atom stereocenters. The van der Waals surface area contributed by atoms with Gasteiger partial charge in [-0.1, -0.05) is 5.16 Å². The Morgan fingerprint density at radius 3 is 2.55 bits per heavy atom. The second kappa shape index (κ2) is 7.26. The molecule has 2 bridgehead atoms. The Balaban J connectivity index is 0.000000192. The number of nitrogens with zero attached hydrogens (tertiary/aromatic N) is 1. The number of aliphatic carboxylic acids is 2. The molecule has 122 valence electrons. The quantitative estimate of drug-likeness (QED) is 0.628. The van der Waals surface area contributed by atoms with Gasteiger partial charge in [0.05, 0.1) is 13.0 Å². The van der Waals surface area contributed by atoms with E-state index in [1.54, 1.807) is 7.11 Å². The first-order valence-corrected chi connectivity index (χ1v) is 7.13. The summed E-state index contributed by atoms with van der Waals surface area (Å²) in [6.07, 6.45) is 3.84. The SMILES string of the molecule is COC1=NOC2CC3CNCC(C3)C12.O=C(O)/C=C/C(=O)O. The Morgan fingerprint density at radius 1 is 1.27 bits per heavy atom. The third kappa shape index (κ3) is 3.97. The van der Waals surface area contributed by atoms with Gasteiger partial charge in [-0.05, 0) is 37.8 Å². The first-order valence-electron chi connectivity index (χ1n) is 7.13. The number of ether oxygens (including phenoxy) is 1. The molecule has 2 aliphatic heterocycles. The van der Waals surface area contributed by atoms with Crippen LogP contribution in [0.4, 0.5) is 0 Å². The summed E-state index contributed by atoms with van der Waals surface area (Å²) in [6.45, 7) is 2.23. The van der Waals surface area contributed by atoms with E-state index in [2.05, 4.69) is 10.5 Å². The van der Waals surface area contributed by atoms with Crippen molar-refractivity contribution in [2.75, 3.05) is 20.2 Å². The largest absolute Gasteiger partial charge is 0.482 e. The number of rotatable bonds is 2. The van der Waals surface area contributed by atoms with E-state index in [1.165, 1.54) is 6.42 Å². The third-order valence-electron chi connectivity index (χ3n) is 4.09. The van der Waals surface area contributed by atoms with Crippen LogP contribution in [0.1, 0.15) is 12.8 Å². The van der Waals surface area contributed by atoms with Gasteiger partial charge in [-0.2, -0.15) is 0 Å². The smallest absolute Gasteiger partial charge is 0.328 e. The molecule has 0 aromatic heterocycles. The van der Waals surface area contributed by atoms with Crippen LogP contribution in [0.2, 0.25) is 0 Å². The van der Waals surface area contributed by atoms with Crippen LogP contribution in [0.5, 0.6) is 0 Å². The van der Waals surface area contributed by atoms with Crippen molar-refractivity contribution in [3.8, 4) is 0 Å². The topological polar surface area (TPSA) is 117 Å². The van der Waals surface area contributed by atoms with Gasteiger partial charge < -0.3 is 25.1 Å². The molecule has 1 aliphatic carbocycles. The molecule has 0 amide bonds. The van der Waals surface area contributed by atoms with Gasteiger partial charge in [0.2, 0.25) is 5.90 Å². The Hall–Kier alpha value is -2.09. The maximum atomic E-state index is 9.55. The van der Waals surface area contributed by atoms with Crippen molar-refractivity contribution in [3.63, 3.8) is 0 Å². The van der Waals surface area contributed by atoms with Gasteiger partial charge in [0.15, 0.2) is 0 Å². The summed E-state index contributed by atoms with van der Waals surface area (Å²) in [5.41, 5.74) is 0. The highest BCUT2D eigenvalue weighted by Gasteiger charge is 2.47. The Kier molecular flexibility index (Phi) is 5.37. The Bertz CT molecular complexity index is 474. The monoisotopic (exact) mass is 312 g/mol. The highest BCUT2D eigenvalue weighted by atomic mass is 16.7. The first-order chi connectivity index (χ1) is 10.5. The molecule has 8 heteroatoms. The van der Waals surface area contributed by atoms with Crippen molar-refractivity contribution >= 4 is 17.8 Å². The predicted molar refractivity (Wildman–Crippen MR) is 76.3 cm³/mol. The average Bonchev–Trinajstić information content (AvgIpc) is 2.89. The summed E-state index contributed by atoms with van der Waals surface area (Å²) >= 11 is 0. The lowest BCUT2D eigenvalue weighted by Crippen LogP contribution is -2.49. The van der Waals surface area contributed by atoms with E-state index in [9.17, 15) is 9.59 Å². The van der Waals surface area contributed by atoms with Gasteiger partial charge in [-0.25, -0.2) is 9.59 Å². The number of oxime groups is 1. The molecule has 3 N–H and O–H groups in total. The second-order valence-electron chi connectivity index (χ2n) is 5.57. The van der Waals surface area contributed by atoms with E-state index in [1.807, 2.05) is 0 Å². The molecule has 0 spiro atoms. The van der Waals surface area contributed by atoms with E-state index in [0.717, 1.165) is 31.3 Å². The molecule has 0 aromatic carbocycles. The van der Waals surface area contributed by atoms with Crippen LogP contribution in [-0.4, -0.2) is 54.4 Å².